The summed E-state index contributed by atoms with van der Waals surface area (Å²) >= 11 is 0. The highest BCUT2D eigenvalue weighted by Crippen LogP contribution is 2.45. The number of aryl methyl sites for hydroxylation is 1. The molecule has 0 saturated heterocycles. The summed E-state index contributed by atoms with van der Waals surface area (Å²) in [6.45, 7) is 6.36. The number of hydrogen-bond acceptors (Lipinski definition) is 6. The zero-order valence-corrected chi connectivity index (χ0v) is 21.6. The van der Waals surface area contributed by atoms with Gasteiger partial charge in [-0.1, -0.05) is 17.7 Å². The van der Waals surface area contributed by atoms with E-state index in [4.69, 9.17) is 14.3 Å². The molecule has 0 atom stereocenters. The van der Waals surface area contributed by atoms with Crippen LogP contribution in [-0.2, 0) is 14.3 Å². The maximum absolute atomic E-state index is 12.5. The summed E-state index contributed by atoms with van der Waals surface area (Å²) in [5.74, 6) is 0.694. The summed E-state index contributed by atoms with van der Waals surface area (Å²) in [5.41, 5.74) is 6.10. The van der Waals surface area contributed by atoms with Gasteiger partial charge >= 0.3 is 0 Å². The van der Waals surface area contributed by atoms with Gasteiger partial charge in [-0.25, -0.2) is 4.98 Å². The molecule has 36 heavy (non-hydrogen) atoms. The molecule has 8 nitrogen and oxygen atoms in total. The quantitative estimate of drug-likeness (QED) is 0.297. The Morgan fingerprint density at radius 1 is 1.08 bits per heavy atom. The summed E-state index contributed by atoms with van der Waals surface area (Å²) in [6.07, 6.45) is 7.98. The molecular formula is C27H31N5O3S. The largest absolute Gasteiger partial charge is 0.296 e. The van der Waals surface area contributed by atoms with Gasteiger partial charge in [0.15, 0.2) is 0 Å². The standard InChI is InChI=1S/C27H31N5O3S/c1-17(2)32-26-11-10-24(29-25(26)14-28-32)23-15-31(30-27(23)20-6-7-20)21-12-19(13-21)16-35-36(33,34)22-8-4-18(3)5-9-22/h4-5,8-11,14-15,17,19-21H,6-7,12-13,16H2,1-3H3. The van der Waals surface area contributed by atoms with E-state index in [1.54, 1.807) is 24.3 Å². The van der Waals surface area contributed by atoms with Gasteiger partial charge in [-0.15, -0.1) is 0 Å². The van der Waals surface area contributed by atoms with Crippen molar-refractivity contribution in [1.29, 1.82) is 0 Å². The Morgan fingerprint density at radius 3 is 2.53 bits per heavy atom. The molecule has 2 fully saturated rings. The van der Waals surface area contributed by atoms with Gasteiger partial charge in [0, 0.05) is 23.7 Å². The molecule has 4 aromatic rings. The Bertz CT molecular complexity index is 1510. The number of fused-ring (bicyclic) bond motifs is 1. The number of benzene rings is 1. The molecule has 9 heteroatoms. The number of rotatable bonds is 8. The minimum Gasteiger partial charge on any atom is -0.269 e. The summed E-state index contributed by atoms with van der Waals surface area (Å²) in [4.78, 5) is 5.12. The Kier molecular flexibility index (Phi) is 5.72. The average molecular weight is 506 g/mol. The third kappa shape index (κ3) is 4.35. The predicted molar refractivity (Wildman–Crippen MR) is 137 cm³/mol. The number of hydrogen-bond donors (Lipinski definition) is 0. The van der Waals surface area contributed by atoms with Gasteiger partial charge in [-0.2, -0.15) is 18.6 Å². The molecule has 1 aromatic carbocycles. The van der Waals surface area contributed by atoms with Crippen molar-refractivity contribution in [3.05, 3.63) is 60.0 Å². The second-order valence-corrected chi connectivity index (χ2v) is 12.1. The van der Waals surface area contributed by atoms with Crippen molar-refractivity contribution in [2.45, 2.75) is 69.4 Å². The zero-order chi connectivity index (χ0) is 25.0. The van der Waals surface area contributed by atoms with E-state index in [2.05, 4.69) is 42.0 Å². The monoisotopic (exact) mass is 505 g/mol. The van der Waals surface area contributed by atoms with Crippen LogP contribution in [0.25, 0.3) is 22.3 Å². The molecule has 0 spiro atoms. The SMILES string of the molecule is Cc1ccc(S(=O)(=O)OCC2CC(n3cc(-c4ccc5c(cnn5C(C)C)n4)c(C4CC4)n3)C2)cc1. The van der Waals surface area contributed by atoms with Crippen molar-refractivity contribution in [1.82, 2.24) is 24.5 Å². The molecule has 3 aromatic heterocycles. The zero-order valence-electron chi connectivity index (χ0n) is 20.8. The van der Waals surface area contributed by atoms with E-state index < -0.39 is 10.1 Å². The van der Waals surface area contributed by atoms with Crippen LogP contribution in [-0.4, -0.2) is 39.6 Å². The summed E-state index contributed by atoms with van der Waals surface area (Å²) in [5, 5.41) is 9.48. The van der Waals surface area contributed by atoms with Gasteiger partial charge in [0.25, 0.3) is 10.1 Å². The summed E-state index contributed by atoms with van der Waals surface area (Å²) in [7, 11) is -3.73. The van der Waals surface area contributed by atoms with Gasteiger partial charge in [0.05, 0.1) is 40.6 Å². The minimum atomic E-state index is -3.73. The van der Waals surface area contributed by atoms with Crippen molar-refractivity contribution in [3.8, 4) is 11.3 Å². The van der Waals surface area contributed by atoms with E-state index in [0.29, 0.717) is 5.92 Å². The van der Waals surface area contributed by atoms with Crippen LogP contribution in [0.3, 0.4) is 0 Å². The lowest BCUT2D eigenvalue weighted by molar-refractivity contribution is 0.120. The van der Waals surface area contributed by atoms with Crippen molar-refractivity contribution in [2.24, 2.45) is 5.92 Å². The predicted octanol–water partition coefficient (Wildman–Crippen LogP) is 5.42. The first-order chi connectivity index (χ1) is 17.3. The normalized spacial score (nSPS) is 20.2. The van der Waals surface area contributed by atoms with Crippen LogP contribution < -0.4 is 0 Å². The molecule has 0 N–H and O–H groups in total. The van der Waals surface area contributed by atoms with Crippen molar-refractivity contribution >= 4 is 21.2 Å². The minimum absolute atomic E-state index is 0.198. The maximum Gasteiger partial charge on any atom is 0.296 e. The molecule has 6 rings (SSSR count). The Hall–Kier alpha value is -3.04. The van der Waals surface area contributed by atoms with Gasteiger partial charge in [0.1, 0.15) is 5.52 Å². The van der Waals surface area contributed by atoms with E-state index >= 15 is 0 Å². The van der Waals surface area contributed by atoms with E-state index in [9.17, 15) is 8.42 Å². The number of aromatic nitrogens is 5. The van der Waals surface area contributed by atoms with Crippen LogP contribution >= 0.6 is 0 Å². The van der Waals surface area contributed by atoms with Crippen molar-refractivity contribution < 1.29 is 12.6 Å². The maximum atomic E-state index is 12.5. The van der Waals surface area contributed by atoms with Crippen LogP contribution in [0.1, 0.15) is 68.8 Å². The lowest BCUT2D eigenvalue weighted by Crippen LogP contribution is -2.31. The third-order valence-electron chi connectivity index (χ3n) is 7.30. The molecule has 3 heterocycles. The Morgan fingerprint density at radius 2 is 1.83 bits per heavy atom. The first kappa shape index (κ1) is 23.4. The Labute approximate surface area is 211 Å². The molecule has 2 saturated carbocycles. The van der Waals surface area contributed by atoms with Gasteiger partial charge in [0.2, 0.25) is 0 Å². The molecule has 2 aliphatic carbocycles. The molecule has 0 aliphatic heterocycles. The van der Waals surface area contributed by atoms with Crippen LogP contribution in [0.5, 0.6) is 0 Å². The van der Waals surface area contributed by atoms with E-state index in [1.165, 1.54) is 0 Å². The average Bonchev–Trinajstić information content (AvgIpc) is 3.43. The van der Waals surface area contributed by atoms with Crippen LogP contribution in [0.4, 0.5) is 0 Å². The highest BCUT2D eigenvalue weighted by atomic mass is 32.2. The molecule has 0 unspecified atom stereocenters. The van der Waals surface area contributed by atoms with Crippen LogP contribution in [0, 0.1) is 12.8 Å². The molecule has 0 amide bonds. The van der Waals surface area contributed by atoms with Gasteiger partial charge < -0.3 is 0 Å². The van der Waals surface area contributed by atoms with E-state index in [0.717, 1.165) is 59.2 Å². The molecule has 0 radical (unpaired) electrons. The number of pyridine rings is 1. The van der Waals surface area contributed by atoms with Crippen molar-refractivity contribution in [2.75, 3.05) is 6.61 Å². The summed E-state index contributed by atoms with van der Waals surface area (Å²) < 4.78 is 34.4. The van der Waals surface area contributed by atoms with Crippen molar-refractivity contribution in [3.63, 3.8) is 0 Å². The fourth-order valence-corrected chi connectivity index (χ4v) is 5.93. The van der Waals surface area contributed by atoms with Gasteiger partial charge in [-0.3, -0.25) is 13.5 Å². The highest BCUT2D eigenvalue weighted by Gasteiger charge is 2.36. The first-order valence-corrected chi connectivity index (χ1v) is 14.1. The fourth-order valence-electron chi connectivity index (χ4n) is 4.96. The van der Waals surface area contributed by atoms with Crippen LogP contribution in [0.2, 0.25) is 0 Å². The lowest BCUT2D eigenvalue weighted by Gasteiger charge is -2.34. The lowest BCUT2D eigenvalue weighted by atomic mass is 9.81. The number of nitrogens with zero attached hydrogens (tertiary/aromatic N) is 5. The first-order valence-electron chi connectivity index (χ1n) is 12.7. The Balaban J connectivity index is 1.15. The molecule has 188 valence electrons. The van der Waals surface area contributed by atoms with Crippen LogP contribution in [0.15, 0.2) is 53.7 Å². The molecular weight excluding hydrogens is 474 g/mol. The fraction of sp³-hybridized carbons (Fsp3) is 0.444. The van der Waals surface area contributed by atoms with E-state index in [-0.39, 0.29) is 29.5 Å². The topological polar surface area (TPSA) is 91.9 Å². The summed E-state index contributed by atoms with van der Waals surface area (Å²) in [6, 6.07) is 11.5. The van der Waals surface area contributed by atoms with E-state index in [1.807, 2.05) is 17.8 Å². The second-order valence-electron chi connectivity index (χ2n) is 10.5. The smallest absolute Gasteiger partial charge is 0.269 e. The molecule has 0 bridgehead atoms. The highest BCUT2D eigenvalue weighted by molar-refractivity contribution is 7.86. The van der Waals surface area contributed by atoms with Gasteiger partial charge in [-0.05, 0) is 76.6 Å². The third-order valence-corrected chi connectivity index (χ3v) is 8.59. The molecule has 2 aliphatic rings. The second kappa shape index (κ2) is 8.81.